The van der Waals surface area contributed by atoms with E-state index in [2.05, 4.69) is 10.3 Å². The number of rotatable bonds is 2. The van der Waals surface area contributed by atoms with Gasteiger partial charge in [-0.2, -0.15) is 0 Å². The van der Waals surface area contributed by atoms with E-state index in [4.69, 9.17) is 21.1 Å². The highest BCUT2D eigenvalue weighted by molar-refractivity contribution is 8.18. The van der Waals surface area contributed by atoms with Gasteiger partial charge in [-0.3, -0.25) is 4.79 Å². The summed E-state index contributed by atoms with van der Waals surface area (Å²) in [6.45, 7) is 1.02. The van der Waals surface area contributed by atoms with Crippen LogP contribution in [-0.4, -0.2) is 24.3 Å². The number of fused-ring (bicyclic) bond motifs is 1. The molecule has 0 radical (unpaired) electrons. The Hall–Kier alpha value is -2.51. The monoisotopic (exact) mass is 390 g/mol. The number of thioether (sulfide) groups is 1. The van der Waals surface area contributed by atoms with Crippen LogP contribution < -0.4 is 14.8 Å². The molecule has 4 rings (SSSR count). The molecule has 26 heavy (non-hydrogen) atoms. The van der Waals surface area contributed by atoms with Gasteiger partial charge in [0.25, 0.3) is 5.91 Å². The molecule has 0 saturated carbocycles. The summed E-state index contributed by atoms with van der Waals surface area (Å²) in [5.74, 6) is 0.602. The van der Waals surface area contributed by atoms with Gasteiger partial charge < -0.3 is 14.8 Å². The number of halogens is 2. The predicted octanol–water partition coefficient (Wildman–Crippen LogP) is 4.14. The first-order chi connectivity index (χ1) is 12.6. The second-order valence-corrected chi connectivity index (χ2v) is 6.92. The highest BCUT2D eigenvalue weighted by atomic mass is 35.5. The average molecular weight is 391 g/mol. The van der Waals surface area contributed by atoms with Gasteiger partial charge in [-0.25, -0.2) is 9.38 Å². The van der Waals surface area contributed by atoms with Crippen LogP contribution in [0, 0.1) is 5.82 Å². The summed E-state index contributed by atoms with van der Waals surface area (Å²) < 4.78 is 24.4. The fraction of sp³-hybridized carbons (Fsp3) is 0.111. The Kier molecular flexibility index (Phi) is 4.57. The molecule has 0 unspecified atom stereocenters. The largest absolute Gasteiger partial charge is 0.486 e. The predicted molar refractivity (Wildman–Crippen MR) is 99.6 cm³/mol. The Bertz CT molecular complexity index is 961. The van der Waals surface area contributed by atoms with Gasteiger partial charge in [0.15, 0.2) is 16.7 Å². The van der Waals surface area contributed by atoms with Crippen molar-refractivity contribution in [2.24, 2.45) is 4.99 Å². The van der Waals surface area contributed by atoms with E-state index in [-0.39, 0.29) is 11.6 Å². The van der Waals surface area contributed by atoms with E-state index in [1.165, 1.54) is 18.2 Å². The molecule has 132 valence electrons. The molecule has 2 heterocycles. The van der Waals surface area contributed by atoms with Crippen LogP contribution in [-0.2, 0) is 4.79 Å². The van der Waals surface area contributed by atoms with E-state index >= 15 is 0 Å². The number of amidine groups is 1. The SMILES string of the molecule is O=C1NC(=Nc2cc(F)ccc2Cl)S/C1=C/c1ccc2c(c1)OCCO2. The Labute approximate surface area is 157 Å². The van der Waals surface area contributed by atoms with Crippen molar-refractivity contribution in [3.63, 3.8) is 0 Å². The highest BCUT2D eigenvalue weighted by Gasteiger charge is 2.24. The lowest BCUT2D eigenvalue weighted by molar-refractivity contribution is -0.115. The standard InChI is InChI=1S/C18H12ClFN2O3S/c19-12-3-2-11(20)9-13(12)21-18-22-17(23)16(26-18)8-10-1-4-14-15(7-10)25-6-5-24-14/h1-4,7-9H,5-6H2,(H,21,22,23)/b16-8+. The van der Waals surface area contributed by atoms with Crippen molar-refractivity contribution in [2.45, 2.75) is 0 Å². The van der Waals surface area contributed by atoms with Crippen LogP contribution in [0.4, 0.5) is 10.1 Å². The molecule has 0 bridgehead atoms. The molecular weight excluding hydrogens is 379 g/mol. The minimum Gasteiger partial charge on any atom is -0.486 e. The lowest BCUT2D eigenvalue weighted by Gasteiger charge is -2.18. The Morgan fingerprint density at radius 3 is 2.81 bits per heavy atom. The van der Waals surface area contributed by atoms with Crippen LogP contribution >= 0.6 is 23.4 Å². The van der Waals surface area contributed by atoms with Crippen LogP contribution in [0.25, 0.3) is 6.08 Å². The summed E-state index contributed by atoms with van der Waals surface area (Å²) in [6.07, 6.45) is 1.73. The molecule has 0 aromatic heterocycles. The van der Waals surface area contributed by atoms with Crippen molar-refractivity contribution < 1.29 is 18.7 Å². The Balaban J connectivity index is 1.59. The maximum Gasteiger partial charge on any atom is 0.264 e. The van der Waals surface area contributed by atoms with Gasteiger partial charge in [-0.05, 0) is 47.7 Å². The average Bonchev–Trinajstić information content (AvgIpc) is 2.97. The first-order valence-corrected chi connectivity index (χ1v) is 8.92. The molecule has 2 aromatic carbocycles. The summed E-state index contributed by atoms with van der Waals surface area (Å²) in [5, 5.41) is 3.29. The summed E-state index contributed by atoms with van der Waals surface area (Å²) in [6, 6.07) is 9.34. The molecule has 0 aliphatic carbocycles. The molecule has 8 heteroatoms. The minimum absolute atomic E-state index is 0.259. The fourth-order valence-corrected chi connectivity index (χ4v) is 3.46. The zero-order chi connectivity index (χ0) is 18.1. The van der Waals surface area contributed by atoms with Crippen molar-refractivity contribution in [3.05, 3.63) is 57.7 Å². The molecular formula is C18H12ClFN2O3S. The lowest BCUT2D eigenvalue weighted by Crippen LogP contribution is -2.19. The third-order valence-corrected chi connectivity index (χ3v) is 4.87. The molecule has 5 nitrogen and oxygen atoms in total. The molecule has 2 aliphatic heterocycles. The van der Waals surface area contributed by atoms with Crippen molar-refractivity contribution in [3.8, 4) is 11.5 Å². The van der Waals surface area contributed by atoms with Crippen LogP contribution in [0.15, 0.2) is 46.3 Å². The number of hydrogen-bond acceptors (Lipinski definition) is 5. The molecule has 1 fully saturated rings. The van der Waals surface area contributed by atoms with Gasteiger partial charge in [0, 0.05) is 6.07 Å². The number of benzene rings is 2. The maximum atomic E-state index is 13.3. The zero-order valence-electron chi connectivity index (χ0n) is 13.3. The van der Waals surface area contributed by atoms with Gasteiger partial charge in [0.05, 0.1) is 15.6 Å². The number of hydrogen-bond donors (Lipinski definition) is 1. The van der Waals surface area contributed by atoms with E-state index in [1.54, 1.807) is 12.1 Å². The van der Waals surface area contributed by atoms with Crippen LogP contribution in [0.2, 0.25) is 5.02 Å². The second kappa shape index (κ2) is 7.01. The third kappa shape index (κ3) is 3.54. The molecule has 0 atom stereocenters. The molecule has 2 aliphatic rings. The van der Waals surface area contributed by atoms with Crippen LogP contribution in [0.5, 0.6) is 11.5 Å². The summed E-state index contributed by atoms with van der Waals surface area (Å²) >= 11 is 7.17. The second-order valence-electron chi connectivity index (χ2n) is 5.48. The first-order valence-electron chi connectivity index (χ1n) is 7.73. The van der Waals surface area contributed by atoms with Gasteiger partial charge in [0.2, 0.25) is 0 Å². The quantitative estimate of drug-likeness (QED) is 0.783. The number of amides is 1. The maximum absolute atomic E-state index is 13.3. The summed E-state index contributed by atoms with van der Waals surface area (Å²) in [7, 11) is 0. The first kappa shape index (κ1) is 16.9. The number of carbonyl (C=O) groups excluding carboxylic acids is 1. The highest BCUT2D eigenvalue weighted by Crippen LogP contribution is 2.34. The third-order valence-electron chi connectivity index (χ3n) is 3.65. The van der Waals surface area contributed by atoms with Crippen LogP contribution in [0.3, 0.4) is 0 Å². The van der Waals surface area contributed by atoms with E-state index in [0.717, 1.165) is 17.3 Å². The number of aliphatic imine (C=N–C) groups is 1. The van der Waals surface area contributed by atoms with E-state index < -0.39 is 5.82 Å². The molecule has 1 N–H and O–H groups in total. The molecule has 1 amide bonds. The molecule has 2 aromatic rings. The molecule has 0 spiro atoms. The number of nitrogens with zero attached hydrogens (tertiary/aromatic N) is 1. The lowest BCUT2D eigenvalue weighted by atomic mass is 10.2. The van der Waals surface area contributed by atoms with E-state index in [1.807, 2.05) is 12.1 Å². The van der Waals surface area contributed by atoms with Crippen molar-refractivity contribution in [1.82, 2.24) is 5.32 Å². The smallest absolute Gasteiger partial charge is 0.264 e. The molecule has 1 saturated heterocycles. The van der Waals surface area contributed by atoms with Crippen molar-refractivity contribution in [2.75, 3.05) is 13.2 Å². The summed E-state index contributed by atoms with van der Waals surface area (Å²) in [5.41, 5.74) is 1.06. The van der Waals surface area contributed by atoms with Gasteiger partial charge in [-0.15, -0.1) is 0 Å². The van der Waals surface area contributed by atoms with Gasteiger partial charge >= 0.3 is 0 Å². The number of carbonyl (C=O) groups is 1. The Morgan fingerprint density at radius 1 is 1.15 bits per heavy atom. The van der Waals surface area contributed by atoms with Crippen LogP contribution in [0.1, 0.15) is 5.56 Å². The Morgan fingerprint density at radius 2 is 1.96 bits per heavy atom. The minimum atomic E-state index is -0.449. The fourth-order valence-electron chi connectivity index (χ4n) is 2.46. The normalized spacial score (nSPS) is 19.1. The number of nitrogens with one attached hydrogen (secondary N) is 1. The van der Waals surface area contributed by atoms with Gasteiger partial charge in [-0.1, -0.05) is 17.7 Å². The van der Waals surface area contributed by atoms with Gasteiger partial charge in [0.1, 0.15) is 19.0 Å². The van der Waals surface area contributed by atoms with Crippen molar-refractivity contribution >= 4 is 46.2 Å². The van der Waals surface area contributed by atoms with E-state index in [0.29, 0.717) is 39.8 Å². The number of ether oxygens (including phenoxy) is 2. The summed E-state index contributed by atoms with van der Waals surface area (Å²) in [4.78, 5) is 16.9. The zero-order valence-corrected chi connectivity index (χ0v) is 14.9. The topological polar surface area (TPSA) is 59.9 Å². The van der Waals surface area contributed by atoms with Crippen molar-refractivity contribution in [1.29, 1.82) is 0 Å². The van der Waals surface area contributed by atoms with E-state index in [9.17, 15) is 9.18 Å².